The van der Waals surface area contributed by atoms with E-state index in [9.17, 15) is 0 Å². The minimum Gasteiger partial charge on any atom is -0.354 e. The molecule has 0 aliphatic rings. The molecule has 0 unspecified atom stereocenters. The first-order valence-corrected chi connectivity index (χ1v) is 7.56. The number of hydrogen-bond donors (Lipinski definition) is 2. The summed E-state index contributed by atoms with van der Waals surface area (Å²) in [5.41, 5.74) is 1.03. The molecule has 0 saturated heterocycles. The third kappa shape index (κ3) is 2.72. The molecule has 1 aromatic carbocycles. The maximum Gasteiger partial charge on any atom is 0.226 e. The van der Waals surface area contributed by atoms with Crippen molar-refractivity contribution in [1.82, 2.24) is 9.97 Å². The Morgan fingerprint density at radius 2 is 1.95 bits per heavy atom. The highest BCUT2D eigenvalue weighted by Gasteiger charge is 2.08. The smallest absolute Gasteiger partial charge is 0.226 e. The second kappa shape index (κ2) is 5.88. The Kier molecular flexibility index (Phi) is 3.78. The Balaban J connectivity index is 1.97. The molecule has 0 spiro atoms. The maximum absolute atomic E-state index is 4.58. The molecule has 0 aliphatic heterocycles. The van der Waals surface area contributed by atoms with Gasteiger partial charge in [-0.1, -0.05) is 25.1 Å². The van der Waals surface area contributed by atoms with Gasteiger partial charge >= 0.3 is 0 Å². The second-order valence-corrected chi connectivity index (χ2v) is 5.35. The fourth-order valence-corrected chi connectivity index (χ4v) is 2.69. The fraction of sp³-hybridized carbons (Fsp3) is 0.200. The van der Waals surface area contributed by atoms with Gasteiger partial charge in [0.15, 0.2) is 0 Å². The molecule has 20 heavy (non-hydrogen) atoms. The van der Waals surface area contributed by atoms with Crippen LogP contribution in [0.2, 0.25) is 0 Å². The van der Waals surface area contributed by atoms with Gasteiger partial charge < -0.3 is 10.6 Å². The molecule has 5 heteroatoms. The molecule has 0 amide bonds. The molecular weight excluding hydrogens is 268 g/mol. The van der Waals surface area contributed by atoms with E-state index < -0.39 is 0 Å². The van der Waals surface area contributed by atoms with Gasteiger partial charge in [0, 0.05) is 12.2 Å². The minimum atomic E-state index is 0.681. The highest BCUT2D eigenvalue weighted by atomic mass is 32.1. The number of aromatic nitrogens is 2. The van der Waals surface area contributed by atoms with Crippen molar-refractivity contribution in [2.75, 3.05) is 17.2 Å². The van der Waals surface area contributed by atoms with Crippen molar-refractivity contribution in [1.29, 1.82) is 0 Å². The zero-order valence-corrected chi connectivity index (χ0v) is 12.1. The van der Waals surface area contributed by atoms with Crippen molar-refractivity contribution in [2.24, 2.45) is 0 Å². The molecule has 0 saturated carbocycles. The van der Waals surface area contributed by atoms with Gasteiger partial charge in [0.2, 0.25) is 5.95 Å². The summed E-state index contributed by atoms with van der Waals surface area (Å²) in [6, 6.07) is 12.1. The number of fused-ring (bicyclic) bond motifs is 1. The number of rotatable bonds is 5. The van der Waals surface area contributed by atoms with Crippen molar-refractivity contribution in [3.8, 4) is 0 Å². The van der Waals surface area contributed by atoms with Gasteiger partial charge in [-0.2, -0.15) is 4.98 Å². The summed E-state index contributed by atoms with van der Waals surface area (Å²) in [4.78, 5) is 10.1. The molecule has 0 radical (unpaired) electrons. The summed E-state index contributed by atoms with van der Waals surface area (Å²) >= 11 is 1.63. The fourth-order valence-electron chi connectivity index (χ4n) is 1.92. The lowest BCUT2D eigenvalue weighted by Crippen LogP contribution is -2.05. The normalized spacial score (nSPS) is 10.7. The third-order valence-corrected chi connectivity index (χ3v) is 3.70. The number of para-hydroxylation sites is 1. The van der Waals surface area contributed by atoms with E-state index in [1.54, 1.807) is 11.3 Å². The molecule has 0 bridgehead atoms. The lowest BCUT2D eigenvalue weighted by molar-refractivity contribution is 0.958. The highest BCUT2D eigenvalue weighted by molar-refractivity contribution is 7.16. The van der Waals surface area contributed by atoms with Crippen LogP contribution in [0, 0.1) is 0 Å². The number of nitrogens with one attached hydrogen (secondary N) is 2. The minimum absolute atomic E-state index is 0.681. The van der Waals surface area contributed by atoms with E-state index in [1.165, 1.54) is 0 Å². The average Bonchev–Trinajstić information content (AvgIpc) is 2.95. The first-order chi connectivity index (χ1) is 9.86. The third-order valence-electron chi connectivity index (χ3n) is 2.89. The Morgan fingerprint density at radius 3 is 2.75 bits per heavy atom. The van der Waals surface area contributed by atoms with Gasteiger partial charge in [-0.15, -0.1) is 11.3 Å². The van der Waals surface area contributed by atoms with Gasteiger partial charge in [-0.05, 0) is 30.0 Å². The maximum atomic E-state index is 4.58. The molecule has 0 atom stereocenters. The van der Waals surface area contributed by atoms with E-state index in [0.29, 0.717) is 5.95 Å². The van der Waals surface area contributed by atoms with Gasteiger partial charge in [0.1, 0.15) is 10.6 Å². The van der Waals surface area contributed by atoms with Gasteiger partial charge in [-0.25, -0.2) is 4.98 Å². The van der Waals surface area contributed by atoms with E-state index in [-0.39, 0.29) is 0 Å². The van der Waals surface area contributed by atoms with Crippen LogP contribution in [0.5, 0.6) is 0 Å². The Labute approximate surface area is 121 Å². The molecule has 0 aliphatic carbocycles. The summed E-state index contributed by atoms with van der Waals surface area (Å²) < 4.78 is 0. The average molecular weight is 284 g/mol. The first kappa shape index (κ1) is 12.9. The monoisotopic (exact) mass is 284 g/mol. The van der Waals surface area contributed by atoms with E-state index in [4.69, 9.17) is 0 Å². The lowest BCUT2D eigenvalue weighted by Gasteiger charge is -2.09. The number of thiophene rings is 1. The van der Waals surface area contributed by atoms with Crippen molar-refractivity contribution in [3.63, 3.8) is 0 Å². The van der Waals surface area contributed by atoms with Crippen molar-refractivity contribution in [3.05, 3.63) is 41.8 Å². The molecule has 2 N–H and O–H groups in total. The van der Waals surface area contributed by atoms with E-state index in [1.807, 2.05) is 35.7 Å². The number of benzene rings is 1. The zero-order valence-electron chi connectivity index (χ0n) is 11.3. The van der Waals surface area contributed by atoms with Crippen LogP contribution in [0.3, 0.4) is 0 Å². The van der Waals surface area contributed by atoms with Gasteiger partial charge in [-0.3, -0.25) is 0 Å². The summed E-state index contributed by atoms with van der Waals surface area (Å²) in [5.74, 6) is 1.53. The van der Waals surface area contributed by atoms with Crippen LogP contribution in [-0.2, 0) is 0 Å². The summed E-state index contributed by atoms with van der Waals surface area (Å²) in [6.07, 6.45) is 1.05. The van der Waals surface area contributed by atoms with Crippen LogP contribution in [0.1, 0.15) is 13.3 Å². The molecule has 2 heterocycles. The standard InChI is InChI=1S/C15H16N4S/c1-2-9-16-15-18-13(12-8-10-20-14(12)19-15)17-11-6-4-3-5-7-11/h3-8,10H,2,9H2,1H3,(H2,16,17,18,19). The predicted molar refractivity (Wildman–Crippen MR) is 85.9 cm³/mol. The van der Waals surface area contributed by atoms with Crippen LogP contribution in [0.25, 0.3) is 10.2 Å². The Morgan fingerprint density at radius 1 is 1.10 bits per heavy atom. The summed E-state index contributed by atoms with van der Waals surface area (Å²) in [7, 11) is 0. The SMILES string of the molecule is CCCNc1nc(Nc2ccccc2)c2ccsc2n1. The van der Waals surface area contributed by atoms with E-state index >= 15 is 0 Å². The molecule has 3 aromatic rings. The van der Waals surface area contributed by atoms with Gasteiger partial charge in [0.05, 0.1) is 5.39 Å². The largest absolute Gasteiger partial charge is 0.354 e. The molecule has 102 valence electrons. The first-order valence-electron chi connectivity index (χ1n) is 6.68. The molecule has 3 rings (SSSR count). The molecule has 0 fully saturated rings. The van der Waals surface area contributed by atoms with E-state index in [2.05, 4.69) is 33.6 Å². The summed E-state index contributed by atoms with van der Waals surface area (Å²) in [6.45, 7) is 3.00. The number of hydrogen-bond acceptors (Lipinski definition) is 5. The molecular formula is C15H16N4S. The highest BCUT2D eigenvalue weighted by Crippen LogP contribution is 2.28. The van der Waals surface area contributed by atoms with Crippen molar-refractivity contribution in [2.45, 2.75) is 13.3 Å². The van der Waals surface area contributed by atoms with Crippen LogP contribution in [0.15, 0.2) is 41.8 Å². The number of anilines is 3. The van der Waals surface area contributed by atoms with Crippen LogP contribution in [0.4, 0.5) is 17.5 Å². The van der Waals surface area contributed by atoms with Crippen LogP contribution in [-0.4, -0.2) is 16.5 Å². The van der Waals surface area contributed by atoms with Crippen LogP contribution >= 0.6 is 11.3 Å². The topological polar surface area (TPSA) is 49.8 Å². The zero-order chi connectivity index (χ0) is 13.8. The predicted octanol–water partition coefficient (Wildman–Crippen LogP) is 4.26. The number of nitrogens with zero attached hydrogens (tertiary/aromatic N) is 2. The van der Waals surface area contributed by atoms with Crippen LogP contribution < -0.4 is 10.6 Å². The molecule has 4 nitrogen and oxygen atoms in total. The second-order valence-electron chi connectivity index (χ2n) is 4.45. The molecule has 2 aromatic heterocycles. The van der Waals surface area contributed by atoms with Gasteiger partial charge in [0.25, 0.3) is 0 Å². The lowest BCUT2D eigenvalue weighted by atomic mass is 10.3. The quantitative estimate of drug-likeness (QED) is 0.735. The van der Waals surface area contributed by atoms with Crippen molar-refractivity contribution >= 4 is 39.0 Å². The Hall–Kier alpha value is -2.14. The summed E-state index contributed by atoms with van der Waals surface area (Å²) in [5, 5.41) is 9.71. The Bertz CT molecular complexity index is 693. The van der Waals surface area contributed by atoms with Crippen molar-refractivity contribution < 1.29 is 0 Å². The van der Waals surface area contributed by atoms with E-state index in [0.717, 1.165) is 34.7 Å².